The summed E-state index contributed by atoms with van der Waals surface area (Å²) in [4.78, 5) is 19.4. The van der Waals surface area contributed by atoms with Gasteiger partial charge in [-0.15, -0.1) is 23.7 Å². The van der Waals surface area contributed by atoms with Gasteiger partial charge in [0.2, 0.25) is 0 Å². The Kier molecular flexibility index (Phi) is 6.19. The zero-order valence-electron chi connectivity index (χ0n) is 11.7. The molecular weight excluding hydrogens is 388 g/mol. The van der Waals surface area contributed by atoms with E-state index in [1.165, 1.54) is 11.3 Å². The molecule has 0 aliphatic carbocycles. The lowest BCUT2D eigenvalue weighted by molar-refractivity contribution is 0.102. The number of nitrogens with zero attached hydrogens (tertiary/aromatic N) is 2. The Balaban J connectivity index is 0.00000176. The van der Waals surface area contributed by atoms with Crippen LogP contribution < -0.4 is 15.5 Å². The number of carbonyl (C=O) groups excluding carboxylic acids is 1. The predicted octanol–water partition coefficient (Wildman–Crippen LogP) is 2.99. The summed E-state index contributed by atoms with van der Waals surface area (Å²) in [5.74, 6) is 0.429. The van der Waals surface area contributed by atoms with Crippen molar-refractivity contribution in [1.29, 1.82) is 0 Å². The van der Waals surface area contributed by atoms with Crippen molar-refractivity contribution >= 4 is 57.1 Å². The SMILES string of the molecule is Cl.O=C(Nc1ccc(N2CCNCC2)cn1)c1sccc1Br. The van der Waals surface area contributed by atoms with Crippen molar-refractivity contribution in [3.8, 4) is 0 Å². The monoisotopic (exact) mass is 402 g/mol. The highest BCUT2D eigenvalue weighted by molar-refractivity contribution is 9.10. The lowest BCUT2D eigenvalue weighted by Crippen LogP contribution is -2.43. The Morgan fingerprint density at radius 1 is 1.32 bits per heavy atom. The van der Waals surface area contributed by atoms with Gasteiger partial charge in [-0.25, -0.2) is 4.98 Å². The number of piperazine rings is 1. The minimum Gasteiger partial charge on any atom is -0.368 e. The van der Waals surface area contributed by atoms with Gasteiger partial charge in [0.1, 0.15) is 10.7 Å². The molecule has 5 nitrogen and oxygen atoms in total. The van der Waals surface area contributed by atoms with Crippen LogP contribution in [0.2, 0.25) is 0 Å². The highest BCUT2D eigenvalue weighted by Gasteiger charge is 2.13. The molecule has 0 radical (unpaired) electrons. The number of carbonyl (C=O) groups is 1. The Hall–Kier alpha value is -1.15. The third kappa shape index (κ3) is 3.98. The van der Waals surface area contributed by atoms with E-state index in [4.69, 9.17) is 0 Å². The first-order valence-electron chi connectivity index (χ1n) is 6.70. The quantitative estimate of drug-likeness (QED) is 0.827. The average molecular weight is 404 g/mol. The van der Waals surface area contributed by atoms with Crippen LogP contribution in [0.1, 0.15) is 9.67 Å². The third-order valence-electron chi connectivity index (χ3n) is 3.30. The molecule has 0 saturated carbocycles. The fourth-order valence-electron chi connectivity index (χ4n) is 2.20. The number of amides is 1. The first-order chi connectivity index (χ1) is 10.2. The second-order valence-corrected chi connectivity index (χ2v) is 6.46. The number of hydrogen-bond donors (Lipinski definition) is 2. The minimum atomic E-state index is -0.140. The summed E-state index contributed by atoms with van der Waals surface area (Å²) in [5.41, 5.74) is 1.09. The predicted molar refractivity (Wildman–Crippen MR) is 96.5 cm³/mol. The van der Waals surface area contributed by atoms with Crippen LogP contribution in [-0.4, -0.2) is 37.1 Å². The number of aromatic nitrogens is 1. The molecule has 0 unspecified atom stereocenters. The van der Waals surface area contributed by atoms with E-state index in [0.717, 1.165) is 36.3 Å². The molecule has 0 atom stereocenters. The van der Waals surface area contributed by atoms with Gasteiger partial charge in [0.25, 0.3) is 5.91 Å². The van der Waals surface area contributed by atoms with E-state index in [1.54, 1.807) is 0 Å². The van der Waals surface area contributed by atoms with Crippen LogP contribution in [0, 0.1) is 0 Å². The lowest BCUT2D eigenvalue weighted by Gasteiger charge is -2.29. The van der Waals surface area contributed by atoms with Crippen molar-refractivity contribution < 1.29 is 4.79 Å². The van der Waals surface area contributed by atoms with Gasteiger partial charge < -0.3 is 15.5 Å². The zero-order chi connectivity index (χ0) is 14.7. The molecule has 0 bridgehead atoms. The molecule has 118 valence electrons. The number of halogens is 2. The maximum Gasteiger partial charge on any atom is 0.268 e. The molecule has 2 aromatic rings. The van der Waals surface area contributed by atoms with E-state index in [1.807, 2.05) is 29.8 Å². The van der Waals surface area contributed by atoms with Crippen molar-refractivity contribution in [2.45, 2.75) is 0 Å². The van der Waals surface area contributed by atoms with Crippen LogP contribution in [0.25, 0.3) is 0 Å². The fourth-order valence-corrected chi connectivity index (χ4v) is 3.65. The van der Waals surface area contributed by atoms with Crippen molar-refractivity contribution in [2.24, 2.45) is 0 Å². The largest absolute Gasteiger partial charge is 0.368 e. The number of thiophene rings is 1. The van der Waals surface area contributed by atoms with Crippen molar-refractivity contribution in [2.75, 3.05) is 36.4 Å². The molecule has 3 rings (SSSR count). The highest BCUT2D eigenvalue weighted by Crippen LogP contribution is 2.23. The first kappa shape index (κ1) is 17.2. The van der Waals surface area contributed by atoms with Gasteiger partial charge >= 0.3 is 0 Å². The summed E-state index contributed by atoms with van der Waals surface area (Å²) in [7, 11) is 0. The summed E-state index contributed by atoms with van der Waals surface area (Å²) in [6.45, 7) is 3.95. The number of nitrogens with one attached hydrogen (secondary N) is 2. The van der Waals surface area contributed by atoms with E-state index < -0.39 is 0 Å². The van der Waals surface area contributed by atoms with Crippen LogP contribution in [0.3, 0.4) is 0 Å². The Morgan fingerprint density at radius 2 is 2.09 bits per heavy atom. The molecule has 1 fully saturated rings. The van der Waals surface area contributed by atoms with Gasteiger partial charge in [-0.05, 0) is 39.5 Å². The normalized spacial score (nSPS) is 14.3. The van der Waals surface area contributed by atoms with E-state index >= 15 is 0 Å². The number of hydrogen-bond acceptors (Lipinski definition) is 5. The number of pyridine rings is 1. The molecule has 0 aromatic carbocycles. The first-order valence-corrected chi connectivity index (χ1v) is 8.37. The van der Waals surface area contributed by atoms with Crippen molar-refractivity contribution in [1.82, 2.24) is 10.3 Å². The smallest absolute Gasteiger partial charge is 0.268 e. The minimum absolute atomic E-state index is 0. The second kappa shape index (κ2) is 7.92. The van der Waals surface area contributed by atoms with E-state index in [9.17, 15) is 4.79 Å². The molecule has 1 saturated heterocycles. The van der Waals surface area contributed by atoms with E-state index in [2.05, 4.69) is 36.4 Å². The Bertz CT molecular complexity index is 628. The molecule has 1 aliphatic rings. The van der Waals surface area contributed by atoms with Crippen LogP contribution in [-0.2, 0) is 0 Å². The molecule has 1 aliphatic heterocycles. The maximum absolute atomic E-state index is 12.1. The highest BCUT2D eigenvalue weighted by atomic mass is 79.9. The topological polar surface area (TPSA) is 57.3 Å². The molecule has 2 N–H and O–H groups in total. The van der Waals surface area contributed by atoms with E-state index in [-0.39, 0.29) is 18.3 Å². The summed E-state index contributed by atoms with van der Waals surface area (Å²) in [5, 5.41) is 8.01. The van der Waals surface area contributed by atoms with Crippen molar-refractivity contribution in [3.63, 3.8) is 0 Å². The van der Waals surface area contributed by atoms with Crippen LogP contribution >= 0.6 is 39.7 Å². The molecule has 1 amide bonds. The summed E-state index contributed by atoms with van der Waals surface area (Å²) < 4.78 is 0.808. The molecular formula is C14H16BrClN4OS. The van der Waals surface area contributed by atoms with Gasteiger partial charge in [0, 0.05) is 30.7 Å². The third-order valence-corrected chi connectivity index (χ3v) is 5.13. The number of rotatable bonds is 3. The molecule has 0 spiro atoms. The van der Waals surface area contributed by atoms with Crippen LogP contribution in [0.4, 0.5) is 11.5 Å². The maximum atomic E-state index is 12.1. The van der Waals surface area contributed by atoms with E-state index in [0.29, 0.717) is 10.7 Å². The zero-order valence-corrected chi connectivity index (χ0v) is 14.9. The molecule has 22 heavy (non-hydrogen) atoms. The molecule has 3 heterocycles. The molecule has 8 heteroatoms. The van der Waals surface area contributed by atoms with Gasteiger partial charge in [-0.1, -0.05) is 0 Å². The summed E-state index contributed by atoms with van der Waals surface area (Å²) >= 11 is 4.76. The average Bonchev–Trinajstić information content (AvgIpc) is 2.95. The lowest BCUT2D eigenvalue weighted by atomic mass is 10.3. The van der Waals surface area contributed by atoms with Gasteiger partial charge in [0.15, 0.2) is 0 Å². The fraction of sp³-hybridized carbons (Fsp3) is 0.286. The van der Waals surface area contributed by atoms with Gasteiger partial charge in [-0.2, -0.15) is 0 Å². The van der Waals surface area contributed by atoms with Gasteiger partial charge in [-0.3, -0.25) is 4.79 Å². The molecule has 2 aromatic heterocycles. The van der Waals surface area contributed by atoms with Crippen LogP contribution in [0.5, 0.6) is 0 Å². The standard InChI is InChI=1S/C14H15BrN4OS.ClH/c15-11-3-8-21-13(11)14(20)18-12-2-1-10(9-17-12)19-6-4-16-5-7-19;/h1-3,8-9,16H,4-7H2,(H,17,18,20);1H. The Labute approximate surface area is 147 Å². The Morgan fingerprint density at radius 3 is 2.68 bits per heavy atom. The van der Waals surface area contributed by atoms with Gasteiger partial charge in [0.05, 0.1) is 11.9 Å². The summed E-state index contributed by atoms with van der Waals surface area (Å²) in [6.07, 6.45) is 1.81. The summed E-state index contributed by atoms with van der Waals surface area (Å²) in [6, 6.07) is 5.70. The van der Waals surface area contributed by atoms with Crippen LogP contribution in [0.15, 0.2) is 34.2 Å². The van der Waals surface area contributed by atoms with Crippen molar-refractivity contribution in [3.05, 3.63) is 39.1 Å². The second-order valence-electron chi connectivity index (χ2n) is 4.69. The number of anilines is 2.